The third kappa shape index (κ3) is 1.62. The lowest BCUT2D eigenvalue weighted by Gasteiger charge is -2.25. The number of rotatable bonds is 2. The number of amides is 1. The summed E-state index contributed by atoms with van der Waals surface area (Å²) in [6.07, 6.45) is 0. The van der Waals surface area contributed by atoms with Gasteiger partial charge in [-0.25, -0.2) is 4.99 Å². The zero-order valence-electron chi connectivity index (χ0n) is 9.93. The van der Waals surface area contributed by atoms with Gasteiger partial charge in [-0.1, -0.05) is 0 Å². The molecule has 0 aliphatic carbocycles. The molecule has 1 fully saturated rings. The molecule has 1 amide bonds. The minimum absolute atomic E-state index is 0.0564. The molecule has 6 nitrogen and oxygen atoms in total. The van der Waals surface area contributed by atoms with Crippen LogP contribution in [0.25, 0.3) is 0 Å². The number of aliphatic imine (C=N–C) groups is 1. The Balaban J connectivity index is 2.06. The molecule has 2 aliphatic rings. The number of hydrogen-bond donors (Lipinski definition) is 2. The lowest BCUT2D eigenvalue weighted by Crippen LogP contribution is -2.32. The van der Waals surface area contributed by atoms with Crippen molar-refractivity contribution in [1.29, 1.82) is 0 Å². The van der Waals surface area contributed by atoms with Crippen molar-refractivity contribution in [3.63, 3.8) is 0 Å². The molecule has 0 saturated carbocycles. The number of carbonyl (C=O) groups excluding carboxylic acids is 1. The van der Waals surface area contributed by atoms with E-state index in [1.807, 2.05) is 4.90 Å². The molecule has 0 aromatic heterocycles. The molecule has 0 atom stereocenters. The first-order valence-electron chi connectivity index (χ1n) is 5.65. The van der Waals surface area contributed by atoms with Gasteiger partial charge in [-0.2, -0.15) is 0 Å². The van der Waals surface area contributed by atoms with Crippen LogP contribution in [0.4, 0.5) is 5.69 Å². The summed E-state index contributed by atoms with van der Waals surface area (Å²) < 4.78 is 5.10. The number of nitrogens with one attached hydrogen (secondary N) is 1. The predicted molar refractivity (Wildman–Crippen MR) is 64.5 cm³/mol. The van der Waals surface area contributed by atoms with Crippen molar-refractivity contribution < 1.29 is 14.6 Å². The van der Waals surface area contributed by atoms with E-state index in [1.54, 1.807) is 19.2 Å². The van der Waals surface area contributed by atoms with Crippen LogP contribution in [0.1, 0.15) is 11.1 Å². The van der Waals surface area contributed by atoms with Crippen LogP contribution >= 0.6 is 0 Å². The largest absolute Gasteiger partial charge is 0.508 e. The van der Waals surface area contributed by atoms with E-state index >= 15 is 0 Å². The number of ether oxygens (including phenoxy) is 1. The number of nitrogens with zero attached hydrogens (tertiary/aromatic N) is 2. The maximum Gasteiger partial charge on any atom is 0.246 e. The molecular formula is C12H13N3O3. The van der Waals surface area contributed by atoms with Gasteiger partial charge in [0.05, 0.1) is 12.3 Å². The van der Waals surface area contributed by atoms with Crippen LogP contribution in [0.5, 0.6) is 5.75 Å². The lowest BCUT2D eigenvalue weighted by atomic mass is 10.0. The molecule has 0 bridgehead atoms. The van der Waals surface area contributed by atoms with Gasteiger partial charge in [-0.15, -0.1) is 0 Å². The average molecular weight is 247 g/mol. The topological polar surface area (TPSA) is 74.2 Å². The summed E-state index contributed by atoms with van der Waals surface area (Å²) in [5, 5.41) is 12.6. The summed E-state index contributed by atoms with van der Waals surface area (Å²) in [4.78, 5) is 17.6. The van der Waals surface area contributed by atoms with E-state index in [4.69, 9.17) is 4.74 Å². The fourth-order valence-corrected chi connectivity index (χ4v) is 2.28. The Kier molecular flexibility index (Phi) is 2.45. The first-order chi connectivity index (χ1) is 8.69. The van der Waals surface area contributed by atoms with Crippen molar-refractivity contribution in [2.24, 2.45) is 4.99 Å². The van der Waals surface area contributed by atoms with Gasteiger partial charge in [-0.3, -0.25) is 10.1 Å². The van der Waals surface area contributed by atoms with Gasteiger partial charge in [0.15, 0.2) is 0 Å². The van der Waals surface area contributed by atoms with E-state index in [9.17, 15) is 9.90 Å². The van der Waals surface area contributed by atoms with E-state index < -0.39 is 0 Å². The number of fused-ring (bicyclic) bond motifs is 2. The zero-order chi connectivity index (χ0) is 12.7. The molecule has 0 unspecified atom stereocenters. The Hall–Kier alpha value is -2.08. The van der Waals surface area contributed by atoms with Crippen LogP contribution in [0.15, 0.2) is 17.1 Å². The highest BCUT2D eigenvalue weighted by Crippen LogP contribution is 2.34. The number of methoxy groups -OCH3 is 1. The summed E-state index contributed by atoms with van der Waals surface area (Å²) in [6, 6.07) is 3.35. The number of hydrogen-bond acceptors (Lipinski definition) is 5. The SMILES string of the molecule is COCc1c(O)ccc2c1CN1CC(=O)NC1=N2. The predicted octanol–water partition coefficient (Wildman–Crippen LogP) is 0.471. The number of phenols is 1. The second-order valence-corrected chi connectivity index (χ2v) is 4.33. The number of aromatic hydroxyl groups is 1. The first-order valence-corrected chi connectivity index (χ1v) is 5.65. The first kappa shape index (κ1) is 11.0. The van der Waals surface area contributed by atoms with Crippen molar-refractivity contribution in [1.82, 2.24) is 10.2 Å². The monoisotopic (exact) mass is 247 g/mol. The maximum atomic E-state index is 11.3. The molecule has 2 N–H and O–H groups in total. The normalized spacial score (nSPS) is 17.1. The standard InChI is InChI=1S/C12H13N3O3/c1-18-6-8-7-4-15-5-11(17)14-12(15)13-9(7)2-3-10(8)16/h2-3,16H,4-6H2,1H3,(H,13,14,17). The van der Waals surface area contributed by atoms with E-state index in [0.717, 1.165) is 16.8 Å². The second-order valence-electron chi connectivity index (χ2n) is 4.33. The number of carbonyl (C=O) groups is 1. The van der Waals surface area contributed by atoms with Crippen molar-refractivity contribution in [2.45, 2.75) is 13.2 Å². The van der Waals surface area contributed by atoms with Gasteiger partial charge >= 0.3 is 0 Å². The highest BCUT2D eigenvalue weighted by molar-refractivity contribution is 6.05. The Morgan fingerprint density at radius 3 is 3.11 bits per heavy atom. The Labute approximate surface area is 104 Å². The van der Waals surface area contributed by atoms with E-state index in [-0.39, 0.29) is 11.7 Å². The van der Waals surface area contributed by atoms with Crippen molar-refractivity contribution in [3.05, 3.63) is 23.3 Å². The highest BCUT2D eigenvalue weighted by atomic mass is 16.5. The molecule has 0 radical (unpaired) electrons. The quantitative estimate of drug-likeness (QED) is 0.796. The number of phenolic OH excluding ortho intramolecular Hbond substituents is 1. The van der Waals surface area contributed by atoms with E-state index in [0.29, 0.717) is 25.7 Å². The fraction of sp³-hybridized carbons (Fsp3) is 0.333. The molecule has 6 heteroatoms. The summed E-state index contributed by atoms with van der Waals surface area (Å²) in [5.41, 5.74) is 2.42. The zero-order valence-corrected chi connectivity index (χ0v) is 9.93. The second kappa shape index (κ2) is 3.99. The van der Waals surface area contributed by atoms with Crippen LogP contribution in [-0.4, -0.2) is 35.5 Å². The van der Waals surface area contributed by atoms with Crippen LogP contribution in [0.2, 0.25) is 0 Å². The van der Waals surface area contributed by atoms with Crippen LogP contribution in [0, 0.1) is 0 Å². The summed E-state index contributed by atoms with van der Waals surface area (Å²) in [5.74, 6) is 0.730. The molecule has 2 heterocycles. The third-order valence-corrected chi connectivity index (χ3v) is 3.13. The number of benzene rings is 1. The molecule has 0 spiro atoms. The molecular weight excluding hydrogens is 234 g/mol. The van der Waals surface area contributed by atoms with Crippen LogP contribution in [-0.2, 0) is 22.7 Å². The third-order valence-electron chi connectivity index (χ3n) is 3.13. The van der Waals surface area contributed by atoms with Crippen LogP contribution < -0.4 is 5.32 Å². The van der Waals surface area contributed by atoms with E-state index in [1.165, 1.54) is 0 Å². The van der Waals surface area contributed by atoms with Gasteiger partial charge in [0, 0.05) is 24.8 Å². The number of guanidine groups is 1. The summed E-state index contributed by atoms with van der Waals surface area (Å²) in [6.45, 7) is 1.19. The van der Waals surface area contributed by atoms with Crippen LogP contribution in [0.3, 0.4) is 0 Å². The van der Waals surface area contributed by atoms with Gasteiger partial charge in [-0.05, 0) is 12.1 Å². The van der Waals surface area contributed by atoms with Gasteiger partial charge in [0.2, 0.25) is 11.9 Å². The minimum atomic E-state index is -0.0564. The highest BCUT2D eigenvalue weighted by Gasteiger charge is 2.30. The summed E-state index contributed by atoms with van der Waals surface area (Å²) in [7, 11) is 1.58. The van der Waals surface area contributed by atoms with Crippen molar-refractivity contribution >= 4 is 17.6 Å². The molecule has 2 aliphatic heterocycles. The Bertz CT molecular complexity index is 554. The summed E-state index contributed by atoms with van der Waals surface area (Å²) >= 11 is 0. The molecule has 1 aromatic rings. The van der Waals surface area contributed by atoms with E-state index in [2.05, 4.69) is 10.3 Å². The molecule has 3 rings (SSSR count). The van der Waals surface area contributed by atoms with Crippen molar-refractivity contribution in [2.75, 3.05) is 13.7 Å². The van der Waals surface area contributed by atoms with Gasteiger partial charge in [0.1, 0.15) is 12.3 Å². The Morgan fingerprint density at radius 1 is 1.50 bits per heavy atom. The lowest BCUT2D eigenvalue weighted by molar-refractivity contribution is -0.118. The van der Waals surface area contributed by atoms with Gasteiger partial charge in [0.25, 0.3) is 0 Å². The average Bonchev–Trinajstić information content (AvgIpc) is 2.70. The maximum absolute atomic E-state index is 11.3. The van der Waals surface area contributed by atoms with Crippen molar-refractivity contribution in [3.8, 4) is 5.75 Å². The minimum Gasteiger partial charge on any atom is -0.508 e. The molecule has 18 heavy (non-hydrogen) atoms. The van der Waals surface area contributed by atoms with Gasteiger partial charge < -0.3 is 14.7 Å². The smallest absolute Gasteiger partial charge is 0.246 e. The molecule has 1 aromatic carbocycles. The fourth-order valence-electron chi connectivity index (χ4n) is 2.28. The molecule has 1 saturated heterocycles. The molecule has 94 valence electrons. The Morgan fingerprint density at radius 2 is 2.33 bits per heavy atom.